The van der Waals surface area contributed by atoms with Crippen LogP contribution in [0.1, 0.15) is 18.5 Å². The van der Waals surface area contributed by atoms with E-state index < -0.39 is 0 Å². The Morgan fingerprint density at radius 3 is 2.50 bits per heavy atom. The van der Waals surface area contributed by atoms with E-state index in [-0.39, 0.29) is 0 Å². The lowest BCUT2D eigenvalue weighted by atomic mass is 10.1. The maximum atomic E-state index is 5.87. The van der Waals surface area contributed by atoms with E-state index >= 15 is 0 Å². The number of ether oxygens (including phenoxy) is 1. The molecule has 0 spiro atoms. The summed E-state index contributed by atoms with van der Waals surface area (Å²) in [6.45, 7) is 1.91. The highest BCUT2D eigenvalue weighted by atomic mass is 16.5. The fraction of sp³-hybridized carbons (Fsp3) is 0.267. The molecule has 2 aromatic rings. The number of hydrogen-bond acceptors (Lipinski definition) is 3. The van der Waals surface area contributed by atoms with E-state index in [9.17, 15) is 0 Å². The molecule has 3 rings (SSSR count). The van der Waals surface area contributed by atoms with Crippen molar-refractivity contribution in [2.75, 3.05) is 5.73 Å². The lowest BCUT2D eigenvalue weighted by Gasteiger charge is -2.07. The predicted molar refractivity (Wildman–Crippen MR) is 72.5 cm³/mol. The molecular formula is C15H16N2O. The van der Waals surface area contributed by atoms with Crippen molar-refractivity contribution >= 4 is 5.69 Å². The second-order valence-electron chi connectivity index (χ2n) is 4.74. The van der Waals surface area contributed by atoms with Crippen LogP contribution in [-0.4, -0.2) is 11.1 Å². The summed E-state index contributed by atoms with van der Waals surface area (Å²) in [7, 11) is 0. The van der Waals surface area contributed by atoms with Crippen molar-refractivity contribution in [2.45, 2.75) is 25.9 Å². The van der Waals surface area contributed by atoms with Crippen LogP contribution in [0.4, 0.5) is 5.69 Å². The summed E-state index contributed by atoms with van der Waals surface area (Å²) in [4.78, 5) is 4.28. The molecule has 1 heterocycles. The number of anilines is 1. The Bertz CT molecular complexity index is 559. The van der Waals surface area contributed by atoms with Crippen molar-refractivity contribution in [3.05, 3.63) is 42.2 Å². The summed E-state index contributed by atoms with van der Waals surface area (Å²) in [5.74, 6) is 0.939. The summed E-state index contributed by atoms with van der Waals surface area (Å²) < 4.78 is 5.72. The zero-order chi connectivity index (χ0) is 12.5. The molecular weight excluding hydrogens is 224 g/mol. The van der Waals surface area contributed by atoms with E-state index in [4.69, 9.17) is 10.5 Å². The zero-order valence-corrected chi connectivity index (χ0v) is 10.4. The van der Waals surface area contributed by atoms with Gasteiger partial charge in [0.05, 0.1) is 17.5 Å². The van der Waals surface area contributed by atoms with Crippen LogP contribution in [0.15, 0.2) is 36.5 Å². The topological polar surface area (TPSA) is 48.1 Å². The van der Waals surface area contributed by atoms with E-state index in [1.54, 1.807) is 0 Å². The van der Waals surface area contributed by atoms with Gasteiger partial charge >= 0.3 is 0 Å². The monoisotopic (exact) mass is 240 g/mol. The molecule has 0 radical (unpaired) electrons. The lowest BCUT2D eigenvalue weighted by molar-refractivity contribution is 0.303. The van der Waals surface area contributed by atoms with E-state index in [0.29, 0.717) is 6.10 Å². The number of nitrogens with two attached hydrogens (primary N) is 1. The second-order valence-corrected chi connectivity index (χ2v) is 4.74. The normalized spacial score (nSPS) is 14.5. The van der Waals surface area contributed by atoms with Crippen LogP contribution < -0.4 is 10.5 Å². The van der Waals surface area contributed by atoms with Crippen LogP contribution in [0.3, 0.4) is 0 Å². The number of pyridine rings is 1. The van der Waals surface area contributed by atoms with E-state index in [0.717, 1.165) is 28.3 Å². The molecule has 0 unspecified atom stereocenters. The minimum absolute atomic E-state index is 0.438. The number of rotatable bonds is 3. The molecule has 0 amide bonds. The maximum absolute atomic E-state index is 5.87. The van der Waals surface area contributed by atoms with Gasteiger partial charge in [0.1, 0.15) is 5.75 Å². The first-order valence-electron chi connectivity index (χ1n) is 6.21. The first kappa shape index (κ1) is 11.1. The highest BCUT2D eigenvalue weighted by Crippen LogP contribution is 2.29. The van der Waals surface area contributed by atoms with Crippen LogP contribution in [0.2, 0.25) is 0 Å². The minimum atomic E-state index is 0.438. The fourth-order valence-corrected chi connectivity index (χ4v) is 1.81. The van der Waals surface area contributed by atoms with Gasteiger partial charge in [-0.1, -0.05) is 12.1 Å². The molecule has 0 saturated heterocycles. The first-order valence-corrected chi connectivity index (χ1v) is 6.21. The van der Waals surface area contributed by atoms with Crippen LogP contribution in [0.5, 0.6) is 5.75 Å². The molecule has 92 valence electrons. The molecule has 1 fully saturated rings. The van der Waals surface area contributed by atoms with Crippen LogP contribution in [0.25, 0.3) is 11.1 Å². The number of nitrogen functional groups attached to an aromatic ring is 1. The molecule has 1 aromatic heterocycles. The highest BCUT2D eigenvalue weighted by Gasteiger charge is 2.23. The van der Waals surface area contributed by atoms with Crippen molar-refractivity contribution < 1.29 is 4.74 Å². The van der Waals surface area contributed by atoms with Gasteiger partial charge in [0, 0.05) is 11.8 Å². The molecule has 3 heteroatoms. The molecule has 1 saturated carbocycles. The number of hydrogen-bond donors (Lipinski definition) is 1. The van der Waals surface area contributed by atoms with Crippen molar-refractivity contribution in [2.24, 2.45) is 0 Å². The molecule has 3 nitrogen and oxygen atoms in total. The second kappa shape index (κ2) is 4.33. The molecule has 1 aliphatic rings. The Balaban J connectivity index is 1.84. The average molecular weight is 240 g/mol. The standard InChI is InChI=1S/C15H16N2O/c1-10-15(16)8-12(9-17-10)11-2-4-13(5-3-11)18-14-6-7-14/h2-5,8-9,14H,6-7,16H2,1H3. The summed E-state index contributed by atoms with van der Waals surface area (Å²) in [5, 5.41) is 0. The average Bonchev–Trinajstić information content (AvgIpc) is 3.18. The Labute approximate surface area is 107 Å². The Morgan fingerprint density at radius 1 is 1.17 bits per heavy atom. The Hall–Kier alpha value is -2.03. The van der Waals surface area contributed by atoms with Crippen LogP contribution in [-0.2, 0) is 0 Å². The lowest BCUT2D eigenvalue weighted by Crippen LogP contribution is -1.95. The van der Waals surface area contributed by atoms with Crippen LogP contribution >= 0.6 is 0 Å². The third kappa shape index (κ3) is 2.30. The molecule has 1 aromatic carbocycles. The quantitative estimate of drug-likeness (QED) is 0.896. The Morgan fingerprint density at radius 2 is 1.89 bits per heavy atom. The van der Waals surface area contributed by atoms with Gasteiger partial charge in [-0.2, -0.15) is 0 Å². The number of benzene rings is 1. The minimum Gasteiger partial charge on any atom is -0.490 e. The van der Waals surface area contributed by atoms with Gasteiger partial charge in [0.15, 0.2) is 0 Å². The summed E-state index contributed by atoms with van der Waals surface area (Å²) >= 11 is 0. The molecule has 2 N–H and O–H groups in total. The van der Waals surface area contributed by atoms with Gasteiger partial charge < -0.3 is 10.5 Å². The maximum Gasteiger partial charge on any atom is 0.119 e. The molecule has 0 aliphatic heterocycles. The molecule has 0 atom stereocenters. The number of aromatic nitrogens is 1. The predicted octanol–water partition coefficient (Wildman–Crippen LogP) is 3.18. The van der Waals surface area contributed by atoms with Crippen molar-refractivity contribution in [3.8, 4) is 16.9 Å². The van der Waals surface area contributed by atoms with Gasteiger partial charge in [-0.25, -0.2) is 0 Å². The molecule has 18 heavy (non-hydrogen) atoms. The molecule has 0 bridgehead atoms. The zero-order valence-electron chi connectivity index (χ0n) is 10.4. The van der Waals surface area contributed by atoms with E-state index in [2.05, 4.69) is 4.98 Å². The smallest absolute Gasteiger partial charge is 0.119 e. The Kier molecular flexibility index (Phi) is 2.67. The van der Waals surface area contributed by atoms with Gasteiger partial charge in [0.25, 0.3) is 0 Å². The van der Waals surface area contributed by atoms with Gasteiger partial charge in [-0.3, -0.25) is 4.98 Å². The van der Waals surface area contributed by atoms with Crippen molar-refractivity contribution in [1.82, 2.24) is 4.98 Å². The first-order chi connectivity index (χ1) is 8.72. The summed E-state index contributed by atoms with van der Waals surface area (Å²) in [6, 6.07) is 10.1. The third-order valence-electron chi connectivity index (χ3n) is 3.14. The fourth-order valence-electron chi connectivity index (χ4n) is 1.81. The number of aryl methyl sites for hydroxylation is 1. The summed E-state index contributed by atoms with van der Waals surface area (Å²) in [5.41, 5.74) is 9.62. The summed E-state index contributed by atoms with van der Waals surface area (Å²) in [6.07, 6.45) is 4.65. The van der Waals surface area contributed by atoms with Crippen molar-refractivity contribution in [3.63, 3.8) is 0 Å². The highest BCUT2D eigenvalue weighted by molar-refractivity contribution is 5.67. The largest absolute Gasteiger partial charge is 0.490 e. The third-order valence-corrected chi connectivity index (χ3v) is 3.14. The SMILES string of the molecule is Cc1ncc(-c2ccc(OC3CC3)cc2)cc1N. The van der Waals surface area contributed by atoms with E-state index in [1.165, 1.54) is 12.8 Å². The van der Waals surface area contributed by atoms with Gasteiger partial charge in [0.2, 0.25) is 0 Å². The van der Waals surface area contributed by atoms with E-state index in [1.807, 2.05) is 43.5 Å². The van der Waals surface area contributed by atoms with Crippen molar-refractivity contribution in [1.29, 1.82) is 0 Å². The molecule has 1 aliphatic carbocycles. The van der Waals surface area contributed by atoms with Gasteiger partial charge in [-0.15, -0.1) is 0 Å². The van der Waals surface area contributed by atoms with Crippen LogP contribution in [0, 0.1) is 6.92 Å². The number of nitrogens with zero attached hydrogens (tertiary/aromatic N) is 1. The van der Waals surface area contributed by atoms with Gasteiger partial charge in [-0.05, 0) is 43.5 Å².